The summed E-state index contributed by atoms with van der Waals surface area (Å²) < 4.78 is 5.17. The van der Waals surface area contributed by atoms with Crippen molar-refractivity contribution < 1.29 is 14.3 Å². The Morgan fingerprint density at radius 1 is 1.19 bits per heavy atom. The molecule has 0 saturated carbocycles. The number of Topliss-reactive ketones (excluding diaryl/α,β-unsaturated/α-hetero) is 1. The first-order valence-corrected chi connectivity index (χ1v) is 6.99. The zero-order valence-electron chi connectivity index (χ0n) is 13.1. The maximum atomic E-state index is 11.8. The molecule has 1 aromatic carbocycles. The molecule has 0 spiro atoms. The van der Waals surface area contributed by atoms with Crippen LogP contribution in [0.25, 0.3) is 0 Å². The van der Waals surface area contributed by atoms with E-state index in [1.54, 1.807) is 20.8 Å². The molecule has 1 rings (SSSR count). The lowest BCUT2D eigenvalue weighted by Gasteiger charge is -2.22. The van der Waals surface area contributed by atoms with Crippen LogP contribution in [0.15, 0.2) is 24.3 Å². The van der Waals surface area contributed by atoms with Crippen molar-refractivity contribution in [1.29, 1.82) is 0 Å². The van der Waals surface area contributed by atoms with Crippen molar-refractivity contribution >= 4 is 11.9 Å². The highest BCUT2D eigenvalue weighted by Crippen LogP contribution is 2.10. The molecule has 5 heteroatoms. The maximum Gasteiger partial charge on any atom is 0.408 e. The van der Waals surface area contributed by atoms with Crippen molar-refractivity contribution in [3.8, 4) is 0 Å². The highest BCUT2D eigenvalue weighted by atomic mass is 16.6. The molecule has 0 aliphatic carbocycles. The average Bonchev–Trinajstić information content (AvgIpc) is 2.36. The number of hydrogen-bond donors (Lipinski definition) is 2. The van der Waals surface area contributed by atoms with Crippen molar-refractivity contribution in [1.82, 2.24) is 5.32 Å². The smallest absolute Gasteiger partial charge is 0.408 e. The summed E-state index contributed by atoms with van der Waals surface area (Å²) in [6.07, 6.45) is -0.152. The Hall–Kier alpha value is -1.88. The molecule has 21 heavy (non-hydrogen) atoms. The van der Waals surface area contributed by atoms with Gasteiger partial charge >= 0.3 is 6.09 Å². The first kappa shape index (κ1) is 17.2. The Bertz CT molecular complexity index is 489. The van der Waals surface area contributed by atoms with Crippen molar-refractivity contribution in [2.45, 2.75) is 52.3 Å². The van der Waals surface area contributed by atoms with E-state index in [2.05, 4.69) is 5.32 Å². The molecule has 1 unspecified atom stereocenters. The van der Waals surface area contributed by atoms with Gasteiger partial charge in [-0.15, -0.1) is 0 Å². The lowest BCUT2D eigenvalue weighted by atomic mass is 10.0. The predicted octanol–water partition coefficient (Wildman–Crippen LogP) is 2.17. The number of nitrogens with two attached hydrogens (primary N) is 1. The van der Waals surface area contributed by atoms with Gasteiger partial charge in [-0.25, -0.2) is 4.79 Å². The predicted molar refractivity (Wildman–Crippen MR) is 81.9 cm³/mol. The second-order valence-electron chi connectivity index (χ2n) is 6.03. The van der Waals surface area contributed by atoms with E-state index in [4.69, 9.17) is 10.5 Å². The first-order valence-electron chi connectivity index (χ1n) is 6.99. The summed E-state index contributed by atoms with van der Waals surface area (Å²) in [7, 11) is 0. The van der Waals surface area contributed by atoms with E-state index in [1.165, 1.54) is 6.92 Å². The minimum atomic E-state index is -0.594. The van der Waals surface area contributed by atoms with Gasteiger partial charge in [0.15, 0.2) is 5.78 Å². The van der Waals surface area contributed by atoms with E-state index in [1.807, 2.05) is 24.3 Å². The largest absolute Gasteiger partial charge is 0.444 e. The molecule has 0 aromatic heterocycles. The van der Waals surface area contributed by atoms with Gasteiger partial charge < -0.3 is 15.8 Å². The molecule has 0 saturated heterocycles. The second kappa shape index (κ2) is 7.22. The monoisotopic (exact) mass is 292 g/mol. The summed E-state index contributed by atoms with van der Waals surface area (Å²) in [6, 6.07) is 7.06. The van der Waals surface area contributed by atoms with E-state index in [0.717, 1.165) is 11.1 Å². The lowest BCUT2D eigenvalue weighted by molar-refractivity contribution is -0.119. The van der Waals surface area contributed by atoms with Crippen LogP contribution in [0.4, 0.5) is 4.79 Å². The number of nitrogens with one attached hydrogen (secondary N) is 1. The fourth-order valence-corrected chi connectivity index (χ4v) is 1.79. The Kier molecular flexibility index (Phi) is 5.90. The minimum absolute atomic E-state index is 0.108. The molecule has 3 N–H and O–H groups in total. The Morgan fingerprint density at radius 2 is 1.71 bits per heavy atom. The van der Waals surface area contributed by atoms with Crippen molar-refractivity contribution in [3.63, 3.8) is 0 Å². The SMILES string of the molecule is CC(=O)C(Cc1ccc(CN)cc1)NC(=O)OC(C)(C)C. The molecule has 0 heterocycles. The molecular weight excluding hydrogens is 268 g/mol. The summed E-state index contributed by atoms with van der Waals surface area (Å²) in [5.41, 5.74) is 6.94. The molecular formula is C16H24N2O3. The summed E-state index contributed by atoms with van der Waals surface area (Å²) in [5.74, 6) is -0.108. The number of ketones is 1. The van der Waals surface area contributed by atoms with Gasteiger partial charge in [-0.05, 0) is 45.2 Å². The van der Waals surface area contributed by atoms with Crippen LogP contribution in [0.2, 0.25) is 0 Å². The molecule has 0 aliphatic rings. The number of alkyl carbamates (subject to hydrolysis) is 1. The number of carbonyl (C=O) groups is 2. The number of rotatable bonds is 5. The minimum Gasteiger partial charge on any atom is -0.444 e. The molecule has 1 atom stereocenters. The second-order valence-corrected chi connectivity index (χ2v) is 6.03. The van der Waals surface area contributed by atoms with Crippen LogP contribution in [-0.2, 0) is 22.5 Å². The van der Waals surface area contributed by atoms with Crippen molar-refractivity contribution in [2.24, 2.45) is 5.73 Å². The molecule has 5 nitrogen and oxygen atoms in total. The van der Waals surface area contributed by atoms with Crippen molar-refractivity contribution in [2.75, 3.05) is 0 Å². The Labute approximate surface area is 125 Å². The van der Waals surface area contributed by atoms with Gasteiger partial charge in [0.05, 0.1) is 6.04 Å². The highest BCUT2D eigenvalue weighted by molar-refractivity contribution is 5.85. The van der Waals surface area contributed by atoms with Crippen LogP contribution in [0.5, 0.6) is 0 Å². The highest BCUT2D eigenvalue weighted by Gasteiger charge is 2.22. The first-order chi connectivity index (χ1) is 9.71. The topological polar surface area (TPSA) is 81.4 Å². The number of benzene rings is 1. The lowest BCUT2D eigenvalue weighted by Crippen LogP contribution is -2.43. The van der Waals surface area contributed by atoms with Gasteiger partial charge in [0.1, 0.15) is 5.60 Å². The van der Waals surface area contributed by atoms with Gasteiger partial charge in [0, 0.05) is 6.54 Å². The fraction of sp³-hybridized carbons (Fsp3) is 0.500. The quantitative estimate of drug-likeness (QED) is 0.871. The standard InChI is InChI=1S/C16H24N2O3/c1-11(19)14(18-15(20)21-16(2,3)4)9-12-5-7-13(10-17)8-6-12/h5-8,14H,9-10,17H2,1-4H3,(H,18,20). The van der Waals surface area contributed by atoms with E-state index >= 15 is 0 Å². The van der Waals surface area contributed by atoms with Gasteiger partial charge in [0.25, 0.3) is 0 Å². The van der Waals surface area contributed by atoms with Crippen molar-refractivity contribution in [3.05, 3.63) is 35.4 Å². The molecule has 0 bridgehead atoms. The third-order valence-electron chi connectivity index (χ3n) is 2.88. The Balaban J connectivity index is 2.69. The molecule has 1 aromatic rings. The van der Waals surface area contributed by atoms with Crippen LogP contribution < -0.4 is 11.1 Å². The van der Waals surface area contributed by atoms with E-state index < -0.39 is 17.7 Å². The van der Waals surface area contributed by atoms with Crippen LogP contribution >= 0.6 is 0 Å². The van der Waals surface area contributed by atoms with Crippen LogP contribution in [0.1, 0.15) is 38.8 Å². The third-order valence-corrected chi connectivity index (χ3v) is 2.88. The number of ether oxygens (including phenoxy) is 1. The van der Waals surface area contributed by atoms with Gasteiger partial charge in [-0.3, -0.25) is 4.79 Å². The molecule has 116 valence electrons. The number of amides is 1. The molecule has 0 radical (unpaired) electrons. The molecule has 0 fully saturated rings. The van der Waals surface area contributed by atoms with Gasteiger partial charge in [-0.1, -0.05) is 24.3 Å². The van der Waals surface area contributed by atoms with Gasteiger partial charge in [0.2, 0.25) is 0 Å². The normalized spacial score (nSPS) is 12.6. The Morgan fingerprint density at radius 3 is 2.14 bits per heavy atom. The zero-order valence-corrected chi connectivity index (χ0v) is 13.1. The average molecular weight is 292 g/mol. The number of carbonyl (C=O) groups excluding carboxylic acids is 2. The molecule has 0 aliphatic heterocycles. The van der Waals surface area contributed by atoms with Crippen LogP contribution in [0.3, 0.4) is 0 Å². The maximum absolute atomic E-state index is 11.8. The van der Waals surface area contributed by atoms with E-state index in [-0.39, 0.29) is 5.78 Å². The van der Waals surface area contributed by atoms with E-state index in [0.29, 0.717) is 13.0 Å². The summed E-state index contributed by atoms with van der Waals surface area (Å²) in [4.78, 5) is 23.4. The third kappa shape index (κ3) is 6.40. The van der Waals surface area contributed by atoms with Crippen LogP contribution in [-0.4, -0.2) is 23.5 Å². The summed E-state index contributed by atoms with van der Waals surface area (Å²) in [6.45, 7) is 7.27. The zero-order chi connectivity index (χ0) is 16.0. The molecule has 1 amide bonds. The van der Waals surface area contributed by atoms with Gasteiger partial charge in [-0.2, -0.15) is 0 Å². The fourth-order valence-electron chi connectivity index (χ4n) is 1.79. The van der Waals surface area contributed by atoms with Crippen LogP contribution in [0, 0.1) is 0 Å². The number of hydrogen-bond acceptors (Lipinski definition) is 4. The van der Waals surface area contributed by atoms with E-state index in [9.17, 15) is 9.59 Å². The summed E-state index contributed by atoms with van der Waals surface area (Å²) in [5, 5.41) is 2.61. The summed E-state index contributed by atoms with van der Waals surface area (Å²) >= 11 is 0.